The summed E-state index contributed by atoms with van der Waals surface area (Å²) in [5.41, 5.74) is 14.0. The maximum absolute atomic E-state index is 3.72. The first-order chi connectivity index (χ1) is 21.2. The highest BCUT2D eigenvalue weighted by atomic mass is 15.1. The summed E-state index contributed by atoms with van der Waals surface area (Å²) < 4.78 is 0. The number of fused-ring (bicyclic) bond motifs is 6. The second-order valence-electron chi connectivity index (χ2n) is 11.7. The molecule has 1 aliphatic rings. The number of anilines is 3. The standard InChI is InChI=1S/C41H34N2/c1-3-41(4-2)37-26-28(32-19-13-20-36-35-18-11-12-21-39(35)42-40(32)36)22-24-33(37)34-25-23-31(27-38(34)41)43(29-14-7-5-8-15-29)30-16-9-6-10-17-30/h5-27,42H,3-4H2,1-2H3. The molecule has 8 rings (SSSR count). The van der Waals surface area contributed by atoms with E-state index < -0.39 is 0 Å². The maximum atomic E-state index is 3.72. The highest BCUT2D eigenvalue weighted by Crippen LogP contribution is 2.55. The average molecular weight is 555 g/mol. The van der Waals surface area contributed by atoms with Crippen LogP contribution in [-0.2, 0) is 5.41 Å². The van der Waals surface area contributed by atoms with Gasteiger partial charge in [0.15, 0.2) is 0 Å². The van der Waals surface area contributed by atoms with Crippen molar-refractivity contribution in [3.63, 3.8) is 0 Å². The van der Waals surface area contributed by atoms with Crippen molar-refractivity contribution in [2.24, 2.45) is 0 Å². The lowest BCUT2D eigenvalue weighted by Crippen LogP contribution is -2.23. The molecule has 2 heteroatoms. The minimum atomic E-state index is -0.0515. The third-order valence-corrected chi connectivity index (χ3v) is 9.69. The van der Waals surface area contributed by atoms with E-state index >= 15 is 0 Å². The highest BCUT2D eigenvalue weighted by Gasteiger charge is 2.41. The molecule has 0 atom stereocenters. The second-order valence-corrected chi connectivity index (χ2v) is 11.7. The summed E-state index contributed by atoms with van der Waals surface area (Å²) in [7, 11) is 0. The third-order valence-electron chi connectivity index (χ3n) is 9.69. The topological polar surface area (TPSA) is 19.0 Å². The van der Waals surface area contributed by atoms with Gasteiger partial charge in [-0.1, -0.05) is 105 Å². The molecular formula is C41H34N2. The van der Waals surface area contributed by atoms with Gasteiger partial charge in [-0.2, -0.15) is 0 Å². The molecule has 0 amide bonds. The summed E-state index contributed by atoms with van der Waals surface area (Å²) >= 11 is 0. The lowest BCUT2D eigenvalue weighted by Gasteiger charge is -2.32. The maximum Gasteiger partial charge on any atom is 0.0544 e. The van der Waals surface area contributed by atoms with Crippen LogP contribution in [0.5, 0.6) is 0 Å². The number of para-hydroxylation sites is 4. The number of aromatic amines is 1. The zero-order chi connectivity index (χ0) is 29.0. The molecule has 0 bridgehead atoms. The van der Waals surface area contributed by atoms with Crippen LogP contribution >= 0.6 is 0 Å². The van der Waals surface area contributed by atoms with Gasteiger partial charge < -0.3 is 9.88 Å². The molecule has 1 heterocycles. The molecule has 1 aliphatic carbocycles. The first kappa shape index (κ1) is 25.6. The zero-order valence-electron chi connectivity index (χ0n) is 24.6. The van der Waals surface area contributed by atoms with E-state index in [9.17, 15) is 0 Å². The fourth-order valence-corrected chi connectivity index (χ4v) is 7.52. The van der Waals surface area contributed by atoms with Crippen LogP contribution in [0.15, 0.2) is 140 Å². The molecule has 0 saturated carbocycles. The molecule has 43 heavy (non-hydrogen) atoms. The van der Waals surface area contributed by atoms with Gasteiger partial charge in [0.05, 0.1) is 5.52 Å². The second kappa shape index (κ2) is 10.0. The normalized spacial score (nSPS) is 13.3. The van der Waals surface area contributed by atoms with Gasteiger partial charge in [-0.25, -0.2) is 0 Å². The number of hydrogen-bond donors (Lipinski definition) is 1. The Balaban J connectivity index is 1.29. The number of nitrogens with zero attached hydrogens (tertiary/aromatic N) is 1. The summed E-state index contributed by atoms with van der Waals surface area (Å²) in [4.78, 5) is 6.10. The molecular weight excluding hydrogens is 520 g/mol. The molecule has 208 valence electrons. The highest BCUT2D eigenvalue weighted by molar-refractivity contribution is 6.12. The first-order valence-electron chi connectivity index (χ1n) is 15.4. The summed E-state index contributed by atoms with van der Waals surface area (Å²) in [6.45, 7) is 4.71. The molecule has 0 fully saturated rings. The Morgan fingerprint density at radius 2 is 1.12 bits per heavy atom. The average Bonchev–Trinajstić information content (AvgIpc) is 3.59. The molecule has 1 N–H and O–H groups in total. The third kappa shape index (κ3) is 3.87. The van der Waals surface area contributed by atoms with Crippen molar-refractivity contribution in [3.05, 3.63) is 151 Å². The van der Waals surface area contributed by atoms with Crippen LogP contribution in [0, 0.1) is 0 Å². The summed E-state index contributed by atoms with van der Waals surface area (Å²) in [6, 6.07) is 51.0. The SMILES string of the molecule is CCC1(CC)c2cc(-c3cccc4c3[nH]c3ccccc34)ccc2-c2ccc(N(c3ccccc3)c3ccccc3)cc21. The Hall–Kier alpha value is -5.08. The minimum Gasteiger partial charge on any atom is -0.354 e. The minimum absolute atomic E-state index is 0.0515. The van der Waals surface area contributed by atoms with Crippen molar-refractivity contribution in [3.8, 4) is 22.3 Å². The van der Waals surface area contributed by atoms with Gasteiger partial charge in [0, 0.05) is 44.3 Å². The first-order valence-corrected chi connectivity index (χ1v) is 15.4. The van der Waals surface area contributed by atoms with E-state index in [1.165, 1.54) is 60.9 Å². The summed E-state index contributed by atoms with van der Waals surface area (Å²) in [6.07, 6.45) is 2.09. The fraction of sp³-hybridized carbons (Fsp3) is 0.122. The number of nitrogens with one attached hydrogen (secondary N) is 1. The van der Waals surface area contributed by atoms with Crippen molar-refractivity contribution in [2.75, 3.05) is 4.90 Å². The molecule has 1 aromatic heterocycles. The van der Waals surface area contributed by atoms with Crippen molar-refractivity contribution in [2.45, 2.75) is 32.1 Å². The Morgan fingerprint density at radius 1 is 0.512 bits per heavy atom. The van der Waals surface area contributed by atoms with Crippen LogP contribution < -0.4 is 4.90 Å². The van der Waals surface area contributed by atoms with Gasteiger partial charge in [-0.05, 0) is 89.2 Å². The summed E-state index contributed by atoms with van der Waals surface area (Å²) in [5, 5.41) is 2.55. The molecule has 0 unspecified atom stereocenters. The van der Waals surface area contributed by atoms with Gasteiger partial charge in [0.1, 0.15) is 0 Å². The zero-order valence-corrected chi connectivity index (χ0v) is 24.6. The van der Waals surface area contributed by atoms with Crippen LogP contribution in [0.3, 0.4) is 0 Å². The van der Waals surface area contributed by atoms with E-state index in [4.69, 9.17) is 0 Å². The van der Waals surface area contributed by atoms with E-state index in [2.05, 4.69) is 163 Å². The quantitative estimate of drug-likeness (QED) is 0.217. The van der Waals surface area contributed by atoms with E-state index in [1.54, 1.807) is 0 Å². The Kier molecular flexibility index (Phi) is 5.97. The van der Waals surface area contributed by atoms with E-state index in [0.717, 1.165) is 24.2 Å². The van der Waals surface area contributed by atoms with Gasteiger partial charge in [-0.3, -0.25) is 0 Å². The van der Waals surface area contributed by atoms with Gasteiger partial charge in [0.25, 0.3) is 0 Å². The summed E-state index contributed by atoms with van der Waals surface area (Å²) in [5.74, 6) is 0. The number of hydrogen-bond acceptors (Lipinski definition) is 1. The van der Waals surface area contributed by atoms with E-state index in [-0.39, 0.29) is 5.41 Å². The Bertz CT molecular complexity index is 2060. The van der Waals surface area contributed by atoms with Crippen LogP contribution in [-0.4, -0.2) is 4.98 Å². The van der Waals surface area contributed by atoms with Crippen molar-refractivity contribution in [1.82, 2.24) is 4.98 Å². The van der Waals surface area contributed by atoms with Gasteiger partial charge >= 0.3 is 0 Å². The van der Waals surface area contributed by atoms with E-state index in [1.807, 2.05) is 0 Å². The van der Waals surface area contributed by atoms with Crippen LogP contribution in [0.2, 0.25) is 0 Å². The number of benzene rings is 6. The predicted molar refractivity (Wildman–Crippen MR) is 183 cm³/mol. The van der Waals surface area contributed by atoms with Crippen LogP contribution in [0.4, 0.5) is 17.1 Å². The molecule has 0 radical (unpaired) electrons. The number of rotatable bonds is 6. The molecule has 0 saturated heterocycles. The molecule has 6 aromatic carbocycles. The van der Waals surface area contributed by atoms with Crippen LogP contribution in [0.25, 0.3) is 44.1 Å². The molecule has 0 aliphatic heterocycles. The van der Waals surface area contributed by atoms with Crippen LogP contribution in [0.1, 0.15) is 37.8 Å². The number of aromatic nitrogens is 1. The van der Waals surface area contributed by atoms with Crippen molar-refractivity contribution >= 4 is 38.9 Å². The lowest BCUT2D eigenvalue weighted by atomic mass is 9.73. The predicted octanol–water partition coefficient (Wildman–Crippen LogP) is 11.5. The monoisotopic (exact) mass is 554 g/mol. The van der Waals surface area contributed by atoms with Gasteiger partial charge in [-0.15, -0.1) is 0 Å². The molecule has 7 aromatic rings. The molecule has 0 spiro atoms. The van der Waals surface area contributed by atoms with Crippen molar-refractivity contribution < 1.29 is 0 Å². The fourth-order valence-electron chi connectivity index (χ4n) is 7.52. The smallest absolute Gasteiger partial charge is 0.0544 e. The largest absolute Gasteiger partial charge is 0.354 e. The molecule has 2 nitrogen and oxygen atoms in total. The lowest BCUT2D eigenvalue weighted by molar-refractivity contribution is 0.490. The Morgan fingerprint density at radius 3 is 1.81 bits per heavy atom. The van der Waals surface area contributed by atoms with Gasteiger partial charge in [0.2, 0.25) is 0 Å². The Labute approximate surface area is 253 Å². The van der Waals surface area contributed by atoms with Crippen molar-refractivity contribution in [1.29, 1.82) is 0 Å². The van der Waals surface area contributed by atoms with E-state index in [0.29, 0.717) is 0 Å². The number of H-pyrrole nitrogens is 1.